The third kappa shape index (κ3) is 3.86. The Morgan fingerprint density at radius 2 is 2.43 bits per heavy atom. The van der Waals surface area contributed by atoms with Crippen LogP contribution < -0.4 is 5.73 Å². The third-order valence-electron chi connectivity index (χ3n) is 1.95. The van der Waals surface area contributed by atoms with Crippen LogP contribution in [-0.4, -0.2) is 16.8 Å². The number of halogens is 1. The zero-order chi connectivity index (χ0) is 10.4. The maximum absolute atomic E-state index is 5.92. The average Bonchev–Trinajstić information content (AvgIpc) is 2.20. The minimum Gasteiger partial charge on any atom is -0.327 e. The molecule has 14 heavy (non-hydrogen) atoms. The number of nitrogens with two attached hydrogens (primary N) is 1. The molecular weight excluding hydrogens is 216 g/mol. The lowest BCUT2D eigenvalue weighted by Gasteiger charge is -2.08. The van der Waals surface area contributed by atoms with Crippen molar-refractivity contribution < 1.29 is 0 Å². The number of nitrogens with zero attached hydrogens (tertiary/aromatic N) is 1. The van der Waals surface area contributed by atoms with Crippen molar-refractivity contribution in [3.63, 3.8) is 0 Å². The molecule has 0 amide bonds. The van der Waals surface area contributed by atoms with Crippen molar-refractivity contribution in [2.24, 2.45) is 5.73 Å². The molecule has 0 aliphatic rings. The summed E-state index contributed by atoms with van der Waals surface area (Å²) in [5.41, 5.74) is 6.89. The van der Waals surface area contributed by atoms with Gasteiger partial charge in [-0.2, -0.15) is 11.8 Å². The lowest BCUT2D eigenvalue weighted by Crippen LogP contribution is -2.21. The van der Waals surface area contributed by atoms with Gasteiger partial charge in [0.05, 0.1) is 0 Å². The van der Waals surface area contributed by atoms with Crippen LogP contribution in [0.4, 0.5) is 0 Å². The topological polar surface area (TPSA) is 38.9 Å². The van der Waals surface area contributed by atoms with Crippen molar-refractivity contribution in [2.45, 2.75) is 25.1 Å². The van der Waals surface area contributed by atoms with E-state index in [0.717, 1.165) is 23.5 Å². The number of aromatic nitrogens is 1. The highest BCUT2D eigenvalue weighted by molar-refractivity contribution is 7.98. The Morgan fingerprint density at radius 1 is 1.64 bits per heavy atom. The molecule has 1 atom stereocenters. The van der Waals surface area contributed by atoms with E-state index in [4.69, 9.17) is 17.3 Å². The lowest BCUT2D eigenvalue weighted by molar-refractivity contribution is 0.725. The standard InChI is InChI=1S/C10H15ClN2S/c1-2-9(12)7-14-6-8-4-3-5-13-10(8)11/h3-5,9H,2,6-7,12H2,1H3. The molecule has 0 fully saturated rings. The fourth-order valence-corrected chi connectivity index (χ4v) is 2.34. The number of hydrogen-bond donors (Lipinski definition) is 1. The summed E-state index contributed by atoms with van der Waals surface area (Å²) in [5, 5.41) is 0.602. The zero-order valence-corrected chi connectivity index (χ0v) is 9.81. The number of hydrogen-bond acceptors (Lipinski definition) is 3. The lowest BCUT2D eigenvalue weighted by atomic mass is 10.3. The first-order chi connectivity index (χ1) is 6.74. The second-order valence-electron chi connectivity index (χ2n) is 3.14. The summed E-state index contributed by atoms with van der Waals surface area (Å²) in [7, 11) is 0. The van der Waals surface area contributed by atoms with Gasteiger partial charge in [-0.15, -0.1) is 0 Å². The maximum atomic E-state index is 5.92. The molecule has 4 heteroatoms. The Labute approximate surface area is 94.2 Å². The van der Waals surface area contributed by atoms with Gasteiger partial charge in [0, 0.05) is 23.7 Å². The van der Waals surface area contributed by atoms with Crippen LogP contribution in [-0.2, 0) is 5.75 Å². The maximum Gasteiger partial charge on any atom is 0.133 e. The summed E-state index contributed by atoms with van der Waals surface area (Å²) < 4.78 is 0. The Morgan fingerprint density at radius 3 is 3.07 bits per heavy atom. The van der Waals surface area contributed by atoms with Gasteiger partial charge in [-0.05, 0) is 18.1 Å². The molecule has 1 aromatic rings. The molecule has 0 aromatic carbocycles. The molecule has 2 N–H and O–H groups in total. The Kier molecular flexibility index (Phi) is 5.30. The van der Waals surface area contributed by atoms with E-state index in [-0.39, 0.29) is 6.04 Å². The molecule has 1 unspecified atom stereocenters. The van der Waals surface area contributed by atoms with Gasteiger partial charge in [0.25, 0.3) is 0 Å². The highest BCUT2D eigenvalue weighted by Gasteiger charge is 2.02. The average molecular weight is 231 g/mol. The summed E-state index contributed by atoms with van der Waals surface area (Å²) in [6, 6.07) is 4.19. The smallest absolute Gasteiger partial charge is 0.133 e. The van der Waals surface area contributed by atoms with Gasteiger partial charge < -0.3 is 5.73 Å². The van der Waals surface area contributed by atoms with Crippen LogP contribution in [0.2, 0.25) is 5.15 Å². The summed E-state index contributed by atoms with van der Waals surface area (Å²) in [6.07, 6.45) is 2.72. The molecule has 1 rings (SSSR count). The summed E-state index contributed by atoms with van der Waals surface area (Å²) in [5.74, 6) is 1.86. The minimum atomic E-state index is 0.287. The van der Waals surface area contributed by atoms with Crippen molar-refractivity contribution in [1.29, 1.82) is 0 Å². The molecule has 0 saturated heterocycles. The molecule has 1 aromatic heterocycles. The quantitative estimate of drug-likeness (QED) is 0.791. The van der Waals surface area contributed by atoms with Crippen LogP contribution in [0.3, 0.4) is 0 Å². The van der Waals surface area contributed by atoms with Crippen LogP contribution in [0.5, 0.6) is 0 Å². The first kappa shape index (κ1) is 11.8. The second kappa shape index (κ2) is 6.27. The van der Waals surface area contributed by atoms with Crippen LogP contribution in [0.25, 0.3) is 0 Å². The van der Waals surface area contributed by atoms with Crippen LogP contribution in [0, 0.1) is 0 Å². The van der Waals surface area contributed by atoms with Gasteiger partial charge in [-0.25, -0.2) is 4.98 Å². The molecule has 0 spiro atoms. The van der Waals surface area contributed by atoms with E-state index in [2.05, 4.69) is 11.9 Å². The molecule has 0 aliphatic carbocycles. The fourth-order valence-electron chi connectivity index (χ4n) is 0.965. The molecule has 78 valence electrons. The van der Waals surface area contributed by atoms with Gasteiger partial charge in [-0.1, -0.05) is 24.6 Å². The summed E-state index contributed by atoms with van der Waals surface area (Å²) in [4.78, 5) is 4.02. The van der Waals surface area contributed by atoms with E-state index in [0.29, 0.717) is 5.15 Å². The third-order valence-corrected chi connectivity index (χ3v) is 3.47. The van der Waals surface area contributed by atoms with Crippen molar-refractivity contribution in [3.05, 3.63) is 29.0 Å². The molecular formula is C10H15ClN2S. The Bertz CT molecular complexity index is 281. The fraction of sp³-hybridized carbons (Fsp3) is 0.500. The monoisotopic (exact) mass is 230 g/mol. The molecule has 0 bridgehead atoms. The largest absolute Gasteiger partial charge is 0.327 e. The Hall–Kier alpha value is -0.250. The molecule has 2 nitrogen and oxygen atoms in total. The highest BCUT2D eigenvalue weighted by atomic mass is 35.5. The van der Waals surface area contributed by atoms with Crippen molar-refractivity contribution in [2.75, 3.05) is 5.75 Å². The summed E-state index contributed by atoms with van der Waals surface area (Å²) in [6.45, 7) is 2.10. The van der Waals surface area contributed by atoms with Gasteiger partial charge in [0.1, 0.15) is 5.15 Å². The predicted molar refractivity (Wildman–Crippen MR) is 63.7 cm³/mol. The van der Waals surface area contributed by atoms with E-state index in [1.165, 1.54) is 0 Å². The predicted octanol–water partition coefficient (Wildman–Crippen LogP) is 2.71. The number of rotatable bonds is 5. The van der Waals surface area contributed by atoms with Gasteiger partial charge in [0.2, 0.25) is 0 Å². The number of pyridine rings is 1. The van der Waals surface area contributed by atoms with Crippen LogP contribution in [0.15, 0.2) is 18.3 Å². The SMILES string of the molecule is CCC(N)CSCc1cccnc1Cl. The van der Waals surface area contributed by atoms with Crippen LogP contribution in [0.1, 0.15) is 18.9 Å². The van der Waals surface area contributed by atoms with Crippen molar-refractivity contribution in [3.8, 4) is 0 Å². The van der Waals surface area contributed by atoms with Gasteiger partial charge in [-0.3, -0.25) is 0 Å². The van der Waals surface area contributed by atoms with Crippen LogP contribution >= 0.6 is 23.4 Å². The Balaban J connectivity index is 2.35. The van der Waals surface area contributed by atoms with Crippen molar-refractivity contribution in [1.82, 2.24) is 4.98 Å². The van der Waals surface area contributed by atoms with E-state index in [9.17, 15) is 0 Å². The van der Waals surface area contributed by atoms with E-state index >= 15 is 0 Å². The van der Waals surface area contributed by atoms with E-state index in [1.54, 1.807) is 18.0 Å². The normalized spacial score (nSPS) is 12.8. The minimum absolute atomic E-state index is 0.287. The molecule has 0 aliphatic heterocycles. The van der Waals surface area contributed by atoms with Gasteiger partial charge in [0.15, 0.2) is 0 Å². The second-order valence-corrected chi connectivity index (χ2v) is 4.53. The zero-order valence-electron chi connectivity index (χ0n) is 8.24. The molecule has 0 saturated carbocycles. The summed E-state index contributed by atoms with van der Waals surface area (Å²) >= 11 is 7.72. The van der Waals surface area contributed by atoms with E-state index in [1.807, 2.05) is 12.1 Å². The molecule has 0 radical (unpaired) electrons. The highest BCUT2D eigenvalue weighted by Crippen LogP contribution is 2.18. The van der Waals surface area contributed by atoms with E-state index < -0.39 is 0 Å². The van der Waals surface area contributed by atoms with Crippen molar-refractivity contribution >= 4 is 23.4 Å². The van der Waals surface area contributed by atoms with Gasteiger partial charge >= 0.3 is 0 Å². The first-order valence-electron chi connectivity index (χ1n) is 4.66. The first-order valence-corrected chi connectivity index (χ1v) is 6.20. The molecule has 1 heterocycles. The number of thioether (sulfide) groups is 1.